The summed E-state index contributed by atoms with van der Waals surface area (Å²) in [5, 5.41) is 12.1. The monoisotopic (exact) mass is 303 g/mol. The fraction of sp³-hybridized carbons (Fsp3) is 0.462. The molecule has 2 atom stereocenters. The van der Waals surface area contributed by atoms with Gasteiger partial charge in [-0.05, 0) is 24.1 Å². The molecular formula is C13H18ClNO3S. The molecule has 0 spiro atoms. The molecule has 1 aromatic rings. The van der Waals surface area contributed by atoms with Gasteiger partial charge in [0.1, 0.15) is 5.75 Å². The van der Waals surface area contributed by atoms with E-state index in [2.05, 4.69) is 5.32 Å². The van der Waals surface area contributed by atoms with Crippen LogP contribution in [0.3, 0.4) is 0 Å². The fourth-order valence-electron chi connectivity index (χ4n) is 1.67. The highest BCUT2D eigenvalue weighted by atomic mass is 35.5. The summed E-state index contributed by atoms with van der Waals surface area (Å²) in [6.07, 6.45) is 0.736. The maximum atomic E-state index is 11.7. The summed E-state index contributed by atoms with van der Waals surface area (Å²) >= 11 is 5.82. The Kier molecular flexibility index (Phi) is 7.05. The maximum Gasteiger partial charge on any atom is 0.233 e. The molecule has 0 aliphatic carbocycles. The number of halogens is 1. The topological polar surface area (TPSA) is 66.4 Å². The summed E-state index contributed by atoms with van der Waals surface area (Å²) in [6.45, 7) is 1.79. The molecule has 1 amide bonds. The third-order valence-electron chi connectivity index (χ3n) is 2.63. The molecule has 1 rings (SSSR count). The van der Waals surface area contributed by atoms with Crippen LogP contribution in [0.1, 0.15) is 24.9 Å². The van der Waals surface area contributed by atoms with Crippen LogP contribution in [-0.4, -0.2) is 33.3 Å². The normalized spacial score (nSPS) is 13.8. The SMILES string of the molecule is CC[C@H](NC(=O)C[S@@](=O)CCO)c1ccc(Cl)cc1. The van der Waals surface area contributed by atoms with Crippen molar-refractivity contribution < 1.29 is 14.1 Å². The highest BCUT2D eigenvalue weighted by Crippen LogP contribution is 2.19. The van der Waals surface area contributed by atoms with Gasteiger partial charge >= 0.3 is 0 Å². The smallest absolute Gasteiger partial charge is 0.233 e. The lowest BCUT2D eigenvalue weighted by Gasteiger charge is -2.17. The molecule has 6 heteroatoms. The molecule has 0 saturated carbocycles. The molecule has 0 aromatic heterocycles. The second-order valence-corrected chi connectivity index (χ2v) is 6.10. The molecule has 1 aromatic carbocycles. The van der Waals surface area contributed by atoms with Crippen molar-refractivity contribution in [1.82, 2.24) is 5.32 Å². The summed E-state index contributed by atoms with van der Waals surface area (Å²) in [7, 11) is -1.31. The van der Waals surface area contributed by atoms with Gasteiger partial charge < -0.3 is 10.4 Å². The van der Waals surface area contributed by atoms with Crippen molar-refractivity contribution in [1.29, 1.82) is 0 Å². The molecule has 0 heterocycles. The number of benzene rings is 1. The Bertz CT molecular complexity index is 436. The van der Waals surface area contributed by atoms with Crippen molar-refractivity contribution in [3.05, 3.63) is 34.9 Å². The molecule has 0 bridgehead atoms. The van der Waals surface area contributed by atoms with Gasteiger partial charge in [0.05, 0.1) is 12.6 Å². The van der Waals surface area contributed by atoms with Crippen molar-refractivity contribution in [2.24, 2.45) is 0 Å². The van der Waals surface area contributed by atoms with Crippen molar-refractivity contribution in [3.8, 4) is 0 Å². The van der Waals surface area contributed by atoms with Crippen LogP contribution in [0.2, 0.25) is 5.02 Å². The van der Waals surface area contributed by atoms with E-state index in [-0.39, 0.29) is 30.1 Å². The molecular weight excluding hydrogens is 286 g/mol. The van der Waals surface area contributed by atoms with Crippen molar-refractivity contribution in [2.75, 3.05) is 18.1 Å². The number of rotatable bonds is 7. The Labute approximate surface area is 120 Å². The zero-order valence-corrected chi connectivity index (χ0v) is 12.3. The van der Waals surface area contributed by atoms with E-state index < -0.39 is 10.8 Å². The zero-order valence-electron chi connectivity index (χ0n) is 10.8. The first-order valence-electron chi connectivity index (χ1n) is 6.07. The van der Waals surface area contributed by atoms with Crippen LogP contribution in [0, 0.1) is 0 Å². The van der Waals surface area contributed by atoms with Crippen LogP contribution < -0.4 is 5.32 Å². The third-order valence-corrected chi connectivity index (χ3v) is 4.10. The molecule has 106 valence electrons. The number of amides is 1. The first-order chi connectivity index (χ1) is 9.06. The average molecular weight is 304 g/mol. The Hall–Kier alpha value is -0.910. The van der Waals surface area contributed by atoms with E-state index in [0.29, 0.717) is 5.02 Å². The molecule has 0 radical (unpaired) electrons. The Morgan fingerprint density at radius 1 is 1.42 bits per heavy atom. The number of carbonyl (C=O) groups excluding carboxylic acids is 1. The number of carbonyl (C=O) groups is 1. The fourth-order valence-corrected chi connectivity index (χ4v) is 2.52. The van der Waals surface area contributed by atoms with E-state index in [4.69, 9.17) is 16.7 Å². The van der Waals surface area contributed by atoms with Gasteiger partial charge in [-0.25, -0.2) is 0 Å². The van der Waals surface area contributed by atoms with Gasteiger partial charge in [-0.1, -0.05) is 30.7 Å². The number of aliphatic hydroxyl groups excluding tert-OH is 1. The van der Waals surface area contributed by atoms with Gasteiger partial charge in [0.2, 0.25) is 5.91 Å². The van der Waals surface area contributed by atoms with Crippen LogP contribution in [0.5, 0.6) is 0 Å². The zero-order chi connectivity index (χ0) is 14.3. The number of aliphatic hydroxyl groups is 1. The van der Waals surface area contributed by atoms with E-state index in [0.717, 1.165) is 12.0 Å². The van der Waals surface area contributed by atoms with E-state index in [1.165, 1.54) is 0 Å². The largest absolute Gasteiger partial charge is 0.395 e. The lowest BCUT2D eigenvalue weighted by Crippen LogP contribution is -2.32. The summed E-state index contributed by atoms with van der Waals surface area (Å²) < 4.78 is 11.4. The van der Waals surface area contributed by atoms with E-state index in [1.807, 2.05) is 19.1 Å². The van der Waals surface area contributed by atoms with Crippen LogP contribution in [0.4, 0.5) is 0 Å². The van der Waals surface area contributed by atoms with Gasteiger partial charge in [-0.15, -0.1) is 0 Å². The van der Waals surface area contributed by atoms with Crippen LogP contribution in [0.25, 0.3) is 0 Å². The van der Waals surface area contributed by atoms with Gasteiger partial charge in [0, 0.05) is 21.6 Å². The Morgan fingerprint density at radius 2 is 2.05 bits per heavy atom. The van der Waals surface area contributed by atoms with Gasteiger partial charge in [-0.2, -0.15) is 0 Å². The van der Waals surface area contributed by atoms with Crippen molar-refractivity contribution in [3.63, 3.8) is 0 Å². The summed E-state index contributed by atoms with van der Waals surface area (Å²) in [5.41, 5.74) is 0.966. The Morgan fingerprint density at radius 3 is 2.58 bits per heavy atom. The Balaban J connectivity index is 2.59. The highest BCUT2D eigenvalue weighted by molar-refractivity contribution is 7.85. The summed E-state index contributed by atoms with van der Waals surface area (Å²) in [6, 6.07) is 7.16. The molecule has 0 aliphatic heterocycles. The maximum absolute atomic E-state index is 11.7. The van der Waals surface area contributed by atoms with Gasteiger partial charge in [-0.3, -0.25) is 9.00 Å². The number of hydrogen-bond acceptors (Lipinski definition) is 3. The first-order valence-corrected chi connectivity index (χ1v) is 7.94. The lowest BCUT2D eigenvalue weighted by molar-refractivity contribution is -0.119. The number of nitrogens with one attached hydrogen (secondary N) is 1. The third kappa shape index (κ3) is 5.72. The quantitative estimate of drug-likeness (QED) is 0.805. The molecule has 0 aliphatic rings. The summed E-state index contributed by atoms with van der Waals surface area (Å²) in [5.74, 6) is -0.218. The standard InChI is InChI=1S/C13H18ClNO3S/c1-2-12(10-3-5-11(14)6-4-10)15-13(17)9-19(18)8-7-16/h3-6,12,16H,2,7-9H2,1H3,(H,15,17)/t12-,19-/m0/s1. The van der Waals surface area contributed by atoms with Gasteiger partial charge in [0.15, 0.2) is 0 Å². The average Bonchev–Trinajstić information content (AvgIpc) is 2.37. The predicted octanol–water partition coefficient (Wildman–Crippen LogP) is 1.65. The first kappa shape index (κ1) is 16.1. The lowest BCUT2D eigenvalue weighted by atomic mass is 10.0. The molecule has 0 saturated heterocycles. The van der Waals surface area contributed by atoms with E-state index in [1.54, 1.807) is 12.1 Å². The van der Waals surface area contributed by atoms with Crippen molar-refractivity contribution in [2.45, 2.75) is 19.4 Å². The molecule has 2 N–H and O–H groups in total. The van der Waals surface area contributed by atoms with E-state index >= 15 is 0 Å². The summed E-state index contributed by atoms with van der Waals surface area (Å²) in [4.78, 5) is 11.7. The molecule has 19 heavy (non-hydrogen) atoms. The minimum atomic E-state index is -1.31. The predicted molar refractivity (Wildman–Crippen MR) is 77.6 cm³/mol. The minimum Gasteiger partial charge on any atom is -0.395 e. The van der Waals surface area contributed by atoms with Crippen LogP contribution >= 0.6 is 11.6 Å². The molecule has 0 unspecified atom stereocenters. The highest BCUT2D eigenvalue weighted by Gasteiger charge is 2.14. The van der Waals surface area contributed by atoms with E-state index in [9.17, 15) is 9.00 Å². The molecule has 4 nitrogen and oxygen atoms in total. The van der Waals surface area contributed by atoms with Crippen molar-refractivity contribution >= 4 is 28.3 Å². The van der Waals surface area contributed by atoms with Gasteiger partial charge in [0.25, 0.3) is 0 Å². The number of hydrogen-bond donors (Lipinski definition) is 2. The van der Waals surface area contributed by atoms with Crippen LogP contribution in [-0.2, 0) is 15.6 Å². The second-order valence-electron chi connectivity index (χ2n) is 4.09. The minimum absolute atomic E-state index is 0.0787. The van der Waals surface area contributed by atoms with Crippen LogP contribution in [0.15, 0.2) is 24.3 Å². The molecule has 0 fully saturated rings. The second kappa shape index (κ2) is 8.30.